The van der Waals surface area contributed by atoms with Gasteiger partial charge >= 0.3 is 0 Å². The molecule has 0 amide bonds. The largest absolute Gasteiger partial charge is 0.485 e. The van der Waals surface area contributed by atoms with E-state index >= 15 is 0 Å². The number of halogens is 1. The SMILES string of the molecule is COC1CCC(O/C(C=O)=C(/C=Nc2cccc(Cl)c2)N2CCN([SH+]C(C)C)C2)CC1. The van der Waals surface area contributed by atoms with Crippen molar-refractivity contribution in [2.45, 2.75) is 57.0 Å². The number of thiol groups is 1. The summed E-state index contributed by atoms with van der Waals surface area (Å²) < 4.78 is 14.0. The Balaban J connectivity index is 1.81. The van der Waals surface area contributed by atoms with Gasteiger partial charge in [-0.1, -0.05) is 17.7 Å². The van der Waals surface area contributed by atoms with Crippen molar-refractivity contribution in [3.8, 4) is 0 Å². The molecule has 0 unspecified atom stereocenters. The molecule has 31 heavy (non-hydrogen) atoms. The molecule has 1 aromatic rings. The normalized spacial score (nSPS) is 23.5. The summed E-state index contributed by atoms with van der Waals surface area (Å²) in [6.07, 6.45) is 6.53. The van der Waals surface area contributed by atoms with Gasteiger partial charge in [0.05, 0.1) is 42.6 Å². The van der Waals surface area contributed by atoms with Crippen molar-refractivity contribution in [3.63, 3.8) is 0 Å². The first-order valence-corrected chi connectivity index (χ1v) is 12.2. The summed E-state index contributed by atoms with van der Waals surface area (Å²) in [6.45, 7) is 6.93. The Hall–Kier alpha value is -1.54. The van der Waals surface area contributed by atoms with Gasteiger partial charge in [-0.2, -0.15) is 0 Å². The second kappa shape index (κ2) is 11.9. The van der Waals surface area contributed by atoms with Crippen molar-refractivity contribution in [2.75, 3.05) is 26.9 Å². The molecule has 0 aromatic heterocycles. The number of allylic oxidation sites excluding steroid dienone is 2. The van der Waals surface area contributed by atoms with Gasteiger partial charge in [0.15, 0.2) is 12.0 Å². The van der Waals surface area contributed by atoms with E-state index in [4.69, 9.17) is 21.1 Å². The second-order valence-electron chi connectivity index (χ2n) is 8.20. The van der Waals surface area contributed by atoms with E-state index in [9.17, 15) is 4.79 Å². The minimum Gasteiger partial charge on any atom is -0.485 e. The summed E-state index contributed by atoms with van der Waals surface area (Å²) >= 11 is 7.39. The van der Waals surface area contributed by atoms with Crippen LogP contribution < -0.4 is 0 Å². The minimum absolute atomic E-state index is 0.0219. The highest BCUT2D eigenvalue weighted by Gasteiger charge is 2.30. The van der Waals surface area contributed by atoms with Gasteiger partial charge in [-0.3, -0.25) is 9.79 Å². The van der Waals surface area contributed by atoms with Crippen molar-refractivity contribution in [3.05, 3.63) is 40.7 Å². The highest BCUT2D eigenvalue weighted by atomic mass is 35.5. The number of hydrogen-bond acceptors (Lipinski definition) is 6. The molecule has 2 aliphatic rings. The van der Waals surface area contributed by atoms with E-state index in [1.807, 2.05) is 18.2 Å². The van der Waals surface area contributed by atoms with Gasteiger partial charge in [0.25, 0.3) is 0 Å². The first-order valence-electron chi connectivity index (χ1n) is 10.9. The van der Waals surface area contributed by atoms with Crippen LogP contribution in [-0.2, 0) is 26.2 Å². The standard InChI is InChI=1S/C23H32ClN3O3S/c1-17(2)31-27-12-11-26(16-27)22(14-25-19-6-4-5-18(24)13-19)23(15-28)30-21-9-7-20(29-3)8-10-21/h4-6,13-15,17,20-21H,7-12,16H2,1-3H3/p+1/b23-22-,25-14?. The van der Waals surface area contributed by atoms with Crippen LogP contribution in [-0.4, -0.2) is 66.0 Å². The van der Waals surface area contributed by atoms with Crippen LogP contribution in [0, 0.1) is 0 Å². The molecule has 0 spiro atoms. The maximum atomic E-state index is 12.1. The maximum absolute atomic E-state index is 12.1. The number of benzene rings is 1. The molecule has 6 nitrogen and oxygen atoms in total. The van der Waals surface area contributed by atoms with E-state index in [0.29, 0.717) is 16.0 Å². The van der Waals surface area contributed by atoms with Gasteiger partial charge in [0, 0.05) is 18.7 Å². The van der Waals surface area contributed by atoms with Crippen molar-refractivity contribution >= 4 is 41.7 Å². The van der Waals surface area contributed by atoms with Crippen LogP contribution in [0.4, 0.5) is 5.69 Å². The van der Waals surface area contributed by atoms with E-state index in [1.165, 1.54) is 11.9 Å². The number of aliphatic imine (C=N–C) groups is 1. The Kier molecular flexibility index (Phi) is 9.26. The van der Waals surface area contributed by atoms with Crippen LogP contribution in [0.2, 0.25) is 5.02 Å². The molecule has 0 atom stereocenters. The lowest BCUT2D eigenvalue weighted by molar-refractivity contribution is -0.109. The summed E-state index contributed by atoms with van der Waals surface area (Å²) in [5, 5.41) is 1.19. The Labute approximate surface area is 194 Å². The molecule has 0 radical (unpaired) electrons. The minimum atomic E-state index is 0.0219. The fourth-order valence-electron chi connectivity index (χ4n) is 3.90. The fourth-order valence-corrected chi connectivity index (χ4v) is 5.17. The third-order valence-electron chi connectivity index (χ3n) is 5.45. The van der Waals surface area contributed by atoms with Crippen LogP contribution in [0.15, 0.2) is 40.7 Å². The topological polar surface area (TPSA) is 54.4 Å². The van der Waals surface area contributed by atoms with Crippen molar-refractivity contribution in [1.29, 1.82) is 0 Å². The maximum Gasteiger partial charge on any atom is 0.186 e. The molecule has 2 fully saturated rings. The zero-order valence-corrected chi connectivity index (χ0v) is 20.2. The number of hydrogen-bond donors (Lipinski definition) is 0. The zero-order valence-electron chi connectivity index (χ0n) is 18.5. The highest BCUT2D eigenvalue weighted by molar-refractivity contribution is 7.76. The highest BCUT2D eigenvalue weighted by Crippen LogP contribution is 2.26. The summed E-state index contributed by atoms with van der Waals surface area (Å²) in [5.74, 6) is 0.356. The molecule has 1 heterocycles. The number of carbonyl (C=O) groups excluding carboxylic acids is 1. The van der Waals surface area contributed by atoms with E-state index in [1.54, 1.807) is 19.4 Å². The van der Waals surface area contributed by atoms with Crippen molar-refractivity contribution in [1.82, 2.24) is 9.21 Å². The van der Waals surface area contributed by atoms with Crippen molar-refractivity contribution < 1.29 is 14.3 Å². The first kappa shape index (κ1) is 24.1. The molecule has 0 N–H and O–H groups in total. The quantitative estimate of drug-likeness (QED) is 0.137. The molecule has 1 aliphatic carbocycles. The Bertz CT molecular complexity index is 794. The molecule has 1 aromatic carbocycles. The molecular formula is C23H33ClN3O3S+. The van der Waals surface area contributed by atoms with Gasteiger partial charge in [0.1, 0.15) is 17.6 Å². The van der Waals surface area contributed by atoms with Crippen molar-refractivity contribution in [2.24, 2.45) is 4.99 Å². The Morgan fingerprint density at radius 3 is 2.61 bits per heavy atom. The molecule has 1 aliphatic heterocycles. The zero-order chi connectivity index (χ0) is 22.2. The molecule has 170 valence electrons. The Morgan fingerprint density at radius 2 is 1.97 bits per heavy atom. The van der Waals surface area contributed by atoms with Crippen LogP contribution in [0.25, 0.3) is 0 Å². The molecular weight excluding hydrogens is 434 g/mol. The number of nitrogens with zero attached hydrogens (tertiary/aromatic N) is 3. The lowest BCUT2D eigenvalue weighted by atomic mass is 9.95. The van der Waals surface area contributed by atoms with Crippen LogP contribution in [0.1, 0.15) is 39.5 Å². The van der Waals surface area contributed by atoms with Gasteiger partial charge in [-0.15, -0.1) is 4.31 Å². The fraction of sp³-hybridized carbons (Fsp3) is 0.565. The molecule has 3 rings (SSSR count). The van der Waals surface area contributed by atoms with Gasteiger partial charge in [-0.25, -0.2) is 0 Å². The van der Waals surface area contributed by atoms with E-state index in [-0.39, 0.29) is 12.2 Å². The summed E-state index contributed by atoms with van der Waals surface area (Å²) in [6, 6.07) is 7.37. The number of rotatable bonds is 9. The van der Waals surface area contributed by atoms with Gasteiger partial charge < -0.3 is 14.4 Å². The lowest BCUT2D eigenvalue weighted by Gasteiger charge is -2.29. The molecule has 1 saturated carbocycles. The summed E-state index contributed by atoms with van der Waals surface area (Å²) in [4.78, 5) is 18.9. The summed E-state index contributed by atoms with van der Waals surface area (Å²) in [5.41, 5.74) is 1.47. The Morgan fingerprint density at radius 1 is 1.23 bits per heavy atom. The predicted molar refractivity (Wildman–Crippen MR) is 129 cm³/mol. The van der Waals surface area contributed by atoms with Gasteiger partial charge in [-0.05, 0) is 57.7 Å². The molecule has 0 bridgehead atoms. The lowest BCUT2D eigenvalue weighted by Crippen LogP contribution is -2.30. The predicted octanol–water partition coefficient (Wildman–Crippen LogP) is 4.14. The van der Waals surface area contributed by atoms with Gasteiger partial charge in [0.2, 0.25) is 0 Å². The van der Waals surface area contributed by atoms with Crippen LogP contribution in [0.3, 0.4) is 0 Å². The van der Waals surface area contributed by atoms with E-state index < -0.39 is 0 Å². The number of carbonyl (C=O) groups is 1. The third-order valence-corrected chi connectivity index (χ3v) is 6.80. The summed E-state index contributed by atoms with van der Waals surface area (Å²) in [7, 11) is 1.75. The van der Waals surface area contributed by atoms with Crippen LogP contribution in [0.5, 0.6) is 0 Å². The third kappa shape index (κ3) is 7.24. The van der Waals surface area contributed by atoms with E-state index in [0.717, 1.165) is 63.1 Å². The first-order chi connectivity index (χ1) is 15.0. The monoisotopic (exact) mass is 466 g/mol. The smallest absolute Gasteiger partial charge is 0.186 e. The van der Waals surface area contributed by atoms with E-state index in [2.05, 4.69) is 28.0 Å². The number of aldehydes is 1. The average molecular weight is 467 g/mol. The number of methoxy groups -OCH3 is 1. The molecule has 1 saturated heterocycles. The van der Waals surface area contributed by atoms with Crippen LogP contribution >= 0.6 is 11.6 Å². The second-order valence-corrected chi connectivity index (χ2v) is 10.5. The number of ether oxygens (including phenoxy) is 2. The molecule has 8 heteroatoms. The average Bonchev–Trinajstić information content (AvgIpc) is 3.21.